The molecule has 138 valence electrons. The van der Waals surface area contributed by atoms with Gasteiger partial charge in [-0.25, -0.2) is 4.79 Å². The van der Waals surface area contributed by atoms with Gasteiger partial charge in [-0.15, -0.1) is 10.2 Å². The van der Waals surface area contributed by atoms with Gasteiger partial charge in [0.15, 0.2) is 11.3 Å². The van der Waals surface area contributed by atoms with Crippen molar-refractivity contribution in [2.45, 2.75) is 44.7 Å². The van der Waals surface area contributed by atoms with Crippen LogP contribution in [0.25, 0.3) is 0 Å². The van der Waals surface area contributed by atoms with Gasteiger partial charge < -0.3 is 30.0 Å². The van der Waals surface area contributed by atoms with E-state index in [4.69, 9.17) is 9.47 Å². The number of hydrogen-bond donors (Lipinski definition) is 0. The summed E-state index contributed by atoms with van der Waals surface area (Å²) in [5, 5.41) is 32.6. The van der Waals surface area contributed by atoms with E-state index in [0.717, 1.165) is 0 Å². The molecule has 0 bridgehead atoms. The second-order valence-corrected chi connectivity index (χ2v) is 5.24. The van der Waals surface area contributed by atoms with Crippen LogP contribution < -0.4 is 69.6 Å². The summed E-state index contributed by atoms with van der Waals surface area (Å²) in [4.78, 5) is 30.4. The number of ketones is 1. The third-order valence-corrected chi connectivity index (χ3v) is 3.41. The Morgan fingerprint density at radius 3 is 1.81 bits per heavy atom. The Hall–Kier alpha value is -0.180. The Kier molecular flexibility index (Phi) is 18.6. The molecule has 12 nitrogen and oxygen atoms in total. The molecule has 2 unspecified atom stereocenters. The van der Waals surface area contributed by atoms with Crippen molar-refractivity contribution in [2.24, 2.45) is 20.8 Å². The molecular weight excluding hydrogens is 374 g/mol. The van der Waals surface area contributed by atoms with E-state index >= 15 is 0 Å². The molecule has 0 heterocycles. The number of methoxy groups -OCH3 is 1. The number of carbonyl (C=O) groups excluding carboxylic acids is 2. The fraction of sp³-hybridized carbons (Fsp3) is 0.833. The number of Topliss-reactive ketones (excluding diaryl/α,β-unsaturated/α-hetero) is 1. The maximum Gasteiger partial charge on any atom is 1.00 e. The molecule has 2 atom stereocenters. The molecule has 14 heteroatoms. The topological polar surface area (TPSA) is 167 Å². The minimum atomic E-state index is -1.61. The molecule has 0 aliphatic rings. The van der Waals surface area contributed by atoms with Crippen molar-refractivity contribution >= 4 is 11.8 Å². The Balaban J connectivity index is -0.00000264. The summed E-state index contributed by atoms with van der Waals surface area (Å²) >= 11 is 0. The van der Waals surface area contributed by atoms with Crippen LogP contribution >= 0.6 is 0 Å². The second kappa shape index (κ2) is 15.8. The number of hydrogen-bond acceptors (Lipinski definition) is 12. The summed E-state index contributed by atoms with van der Waals surface area (Å²) < 4.78 is 9.72. The molecule has 0 radical (unpaired) electrons. The SMILES string of the molecule is COCCOC(=O)C(C)(CCC(C)(N=NO[O-])C(C)=O)N=NO[O-].[Na+].[Na+]. The van der Waals surface area contributed by atoms with E-state index in [1.807, 2.05) is 0 Å². The van der Waals surface area contributed by atoms with Gasteiger partial charge in [0.2, 0.25) is 0 Å². The summed E-state index contributed by atoms with van der Waals surface area (Å²) in [6, 6.07) is 0. The normalized spacial score (nSPS) is 15.3. The van der Waals surface area contributed by atoms with Crippen molar-refractivity contribution in [2.75, 3.05) is 20.3 Å². The zero-order chi connectivity index (χ0) is 18.6. The largest absolute Gasteiger partial charge is 1.00 e. The molecule has 0 aromatic rings. The predicted molar refractivity (Wildman–Crippen MR) is 71.4 cm³/mol. The minimum Gasteiger partial charge on any atom is -0.636 e. The zero-order valence-electron chi connectivity index (χ0n) is 15.9. The first-order chi connectivity index (χ1) is 11.3. The summed E-state index contributed by atoms with van der Waals surface area (Å²) in [5.41, 5.74) is -3.03. The van der Waals surface area contributed by atoms with E-state index < -0.39 is 22.8 Å². The zero-order valence-corrected chi connectivity index (χ0v) is 19.9. The van der Waals surface area contributed by atoms with Crippen molar-refractivity contribution in [1.29, 1.82) is 0 Å². The van der Waals surface area contributed by atoms with Gasteiger partial charge in [-0.05, 0) is 33.6 Å². The fourth-order valence-corrected chi connectivity index (χ4v) is 1.56. The molecule has 0 aliphatic heterocycles. The van der Waals surface area contributed by atoms with Crippen LogP contribution in [0.5, 0.6) is 0 Å². The van der Waals surface area contributed by atoms with E-state index in [9.17, 15) is 20.1 Å². The third-order valence-electron chi connectivity index (χ3n) is 3.41. The van der Waals surface area contributed by atoms with E-state index in [0.29, 0.717) is 0 Å². The summed E-state index contributed by atoms with van der Waals surface area (Å²) in [6.07, 6.45) is -0.150. The maximum absolute atomic E-state index is 12.1. The summed E-state index contributed by atoms with van der Waals surface area (Å²) in [7, 11) is 1.43. The number of nitrogens with zero attached hydrogens (tertiary/aromatic N) is 4. The molecule has 0 saturated heterocycles. The van der Waals surface area contributed by atoms with E-state index in [2.05, 4.69) is 30.8 Å². The predicted octanol–water partition coefficient (Wildman–Crippen LogP) is -6.61. The van der Waals surface area contributed by atoms with Crippen LogP contribution in [0, 0.1) is 0 Å². The van der Waals surface area contributed by atoms with Gasteiger partial charge in [-0.3, -0.25) is 4.79 Å². The van der Waals surface area contributed by atoms with Crippen molar-refractivity contribution < 1.29 is 98.7 Å². The number of esters is 1. The standard InChI is InChI=1S/C12H22N4O8.2Na/c1-9(17)11(2,13-15-23-19)5-6-12(3,14-16-24-20)10(18)22-8-7-21-4;;/h19-20H,5-8H2,1-4H3;;/q;2*+1/p-2. The van der Waals surface area contributed by atoms with Crippen molar-refractivity contribution in [3.8, 4) is 0 Å². The van der Waals surface area contributed by atoms with Crippen LogP contribution in [0.15, 0.2) is 20.8 Å². The molecule has 0 N–H and O–H groups in total. The van der Waals surface area contributed by atoms with Gasteiger partial charge in [-0.2, -0.15) is 0 Å². The van der Waals surface area contributed by atoms with Crippen LogP contribution in [-0.4, -0.2) is 43.2 Å². The van der Waals surface area contributed by atoms with Crippen LogP contribution in [0.2, 0.25) is 0 Å². The summed E-state index contributed by atoms with van der Waals surface area (Å²) in [6.45, 7) is 4.10. The first kappa shape index (κ1) is 30.5. The van der Waals surface area contributed by atoms with Crippen LogP contribution in [0.3, 0.4) is 0 Å². The van der Waals surface area contributed by atoms with Crippen LogP contribution in [0.4, 0.5) is 0 Å². The summed E-state index contributed by atoms with van der Waals surface area (Å²) in [5.74, 6) is -1.22. The average Bonchev–Trinajstić information content (AvgIpc) is 2.56. The fourth-order valence-electron chi connectivity index (χ4n) is 1.56. The van der Waals surface area contributed by atoms with Gasteiger partial charge in [-0.1, -0.05) is 0 Å². The number of carbonyl (C=O) groups is 2. The first-order valence-corrected chi connectivity index (χ1v) is 6.85. The smallest absolute Gasteiger partial charge is 0.636 e. The monoisotopic (exact) mass is 394 g/mol. The Morgan fingerprint density at radius 1 is 0.923 bits per heavy atom. The van der Waals surface area contributed by atoms with E-state index in [1.165, 1.54) is 27.9 Å². The Morgan fingerprint density at radius 2 is 1.38 bits per heavy atom. The number of ether oxygens (including phenoxy) is 2. The Bertz CT molecular complexity index is 482. The van der Waals surface area contributed by atoms with Crippen LogP contribution in [0.1, 0.15) is 33.6 Å². The van der Waals surface area contributed by atoms with Gasteiger partial charge in [0.25, 0.3) is 0 Å². The second-order valence-electron chi connectivity index (χ2n) is 5.24. The van der Waals surface area contributed by atoms with E-state index in [1.54, 1.807) is 0 Å². The van der Waals surface area contributed by atoms with Crippen molar-refractivity contribution in [1.82, 2.24) is 0 Å². The molecule has 0 saturated carbocycles. The molecule has 0 spiro atoms. The van der Waals surface area contributed by atoms with Crippen molar-refractivity contribution in [3.63, 3.8) is 0 Å². The molecule has 26 heavy (non-hydrogen) atoms. The molecular formula is C12H20N4Na2O8. The van der Waals surface area contributed by atoms with Gasteiger partial charge in [0.05, 0.1) is 6.61 Å². The van der Waals surface area contributed by atoms with E-state index in [-0.39, 0.29) is 85.2 Å². The average molecular weight is 394 g/mol. The molecule has 0 aromatic carbocycles. The van der Waals surface area contributed by atoms with Gasteiger partial charge >= 0.3 is 65.1 Å². The molecule has 0 aromatic heterocycles. The Labute approximate surface area is 195 Å². The minimum absolute atomic E-state index is 0. The third kappa shape index (κ3) is 10.8. The molecule has 0 amide bonds. The van der Waals surface area contributed by atoms with Gasteiger partial charge in [0.1, 0.15) is 12.1 Å². The maximum atomic E-state index is 12.1. The molecule has 0 aliphatic carbocycles. The van der Waals surface area contributed by atoms with Crippen LogP contribution in [-0.2, 0) is 29.0 Å². The first-order valence-electron chi connectivity index (χ1n) is 6.85. The molecule has 0 fully saturated rings. The molecule has 0 rings (SSSR count). The quantitative estimate of drug-likeness (QED) is 0.0786. The number of rotatable bonds is 12. The van der Waals surface area contributed by atoms with Crippen molar-refractivity contribution in [3.05, 3.63) is 0 Å². The van der Waals surface area contributed by atoms with Gasteiger partial charge in [0, 0.05) is 17.7 Å².